The average molecular weight is 253 g/mol. The maximum absolute atomic E-state index is 11.5. The van der Waals surface area contributed by atoms with Crippen LogP contribution in [0.2, 0.25) is 0 Å². The van der Waals surface area contributed by atoms with Crippen LogP contribution in [0.25, 0.3) is 0 Å². The molecule has 0 aliphatic carbocycles. The molecule has 1 aromatic heterocycles. The lowest BCUT2D eigenvalue weighted by molar-refractivity contribution is -0.128. The van der Waals surface area contributed by atoms with Crippen LogP contribution in [0.4, 0.5) is 0 Å². The molecule has 3 N–H and O–H groups in total. The second-order valence-electron chi connectivity index (χ2n) is 4.08. The molecular formula is C11H15N3O2S. The number of thiophene rings is 1. The lowest BCUT2D eigenvalue weighted by Gasteiger charge is -2.14. The van der Waals surface area contributed by atoms with Crippen LogP contribution in [-0.2, 0) is 11.3 Å². The third-order valence-electron chi connectivity index (χ3n) is 2.91. The standard InChI is InChI=1S/C11H15N3O2S/c1-7-8(5-9(17-7)11(16)13-12)6-14-4-2-3-10(14)15/h5H,2-4,6,12H2,1H3,(H,13,16). The minimum Gasteiger partial charge on any atom is -0.338 e. The van der Waals surface area contributed by atoms with Crippen LogP contribution < -0.4 is 11.3 Å². The first-order valence-electron chi connectivity index (χ1n) is 5.50. The maximum Gasteiger partial charge on any atom is 0.275 e. The summed E-state index contributed by atoms with van der Waals surface area (Å²) < 4.78 is 0. The zero-order chi connectivity index (χ0) is 12.4. The number of likely N-dealkylation sites (tertiary alicyclic amines) is 1. The molecular weight excluding hydrogens is 238 g/mol. The second-order valence-corrected chi connectivity index (χ2v) is 5.34. The molecule has 6 heteroatoms. The summed E-state index contributed by atoms with van der Waals surface area (Å²) >= 11 is 1.40. The zero-order valence-electron chi connectivity index (χ0n) is 9.66. The number of nitrogens with one attached hydrogen (secondary N) is 1. The van der Waals surface area contributed by atoms with Gasteiger partial charge >= 0.3 is 0 Å². The Bertz CT molecular complexity index is 456. The molecule has 1 aliphatic rings. The third kappa shape index (κ3) is 2.48. The summed E-state index contributed by atoms with van der Waals surface area (Å²) in [6.45, 7) is 3.36. The van der Waals surface area contributed by atoms with Crippen LogP contribution in [0.3, 0.4) is 0 Å². The number of hydrogen-bond acceptors (Lipinski definition) is 4. The number of nitrogens with zero attached hydrogens (tertiary/aromatic N) is 1. The van der Waals surface area contributed by atoms with E-state index in [-0.39, 0.29) is 11.8 Å². The van der Waals surface area contributed by atoms with E-state index in [1.165, 1.54) is 11.3 Å². The number of hydrogen-bond donors (Lipinski definition) is 2. The summed E-state index contributed by atoms with van der Waals surface area (Å²) in [6.07, 6.45) is 1.57. The molecule has 0 unspecified atom stereocenters. The summed E-state index contributed by atoms with van der Waals surface area (Å²) in [5, 5.41) is 0. The van der Waals surface area contributed by atoms with E-state index in [1.807, 2.05) is 17.9 Å². The molecule has 17 heavy (non-hydrogen) atoms. The first kappa shape index (κ1) is 12.1. The molecule has 5 nitrogen and oxygen atoms in total. The second kappa shape index (κ2) is 4.85. The third-order valence-corrected chi connectivity index (χ3v) is 4.00. The van der Waals surface area contributed by atoms with E-state index < -0.39 is 0 Å². The van der Waals surface area contributed by atoms with Gasteiger partial charge in [-0.3, -0.25) is 15.0 Å². The number of hydrazine groups is 1. The highest BCUT2D eigenvalue weighted by Gasteiger charge is 2.22. The van der Waals surface area contributed by atoms with Crippen LogP contribution in [0.1, 0.15) is 33.0 Å². The van der Waals surface area contributed by atoms with Crippen molar-refractivity contribution >= 4 is 23.2 Å². The molecule has 2 rings (SSSR count). The van der Waals surface area contributed by atoms with Crippen molar-refractivity contribution in [2.75, 3.05) is 6.54 Å². The zero-order valence-corrected chi connectivity index (χ0v) is 10.5. The molecule has 92 valence electrons. The Hall–Kier alpha value is -1.40. The molecule has 0 bridgehead atoms. The Balaban J connectivity index is 2.13. The molecule has 0 aromatic carbocycles. The van der Waals surface area contributed by atoms with E-state index in [4.69, 9.17) is 5.84 Å². The van der Waals surface area contributed by atoms with E-state index in [2.05, 4.69) is 5.43 Å². The smallest absolute Gasteiger partial charge is 0.275 e. The summed E-state index contributed by atoms with van der Waals surface area (Å²) in [7, 11) is 0. The lowest BCUT2D eigenvalue weighted by Crippen LogP contribution is -2.29. The highest BCUT2D eigenvalue weighted by molar-refractivity contribution is 7.14. The van der Waals surface area contributed by atoms with Crippen LogP contribution in [-0.4, -0.2) is 23.3 Å². The molecule has 1 aliphatic heterocycles. The largest absolute Gasteiger partial charge is 0.338 e. The van der Waals surface area contributed by atoms with E-state index in [9.17, 15) is 9.59 Å². The Morgan fingerprint density at radius 1 is 1.65 bits per heavy atom. The first-order chi connectivity index (χ1) is 8.11. The summed E-state index contributed by atoms with van der Waals surface area (Å²) in [5.41, 5.74) is 3.15. The quantitative estimate of drug-likeness (QED) is 0.475. The van der Waals surface area contributed by atoms with Crippen LogP contribution in [0.5, 0.6) is 0 Å². The maximum atomic E-state index is 11.5. The van der Waals surface area contributed by atoms with Gasteiger partial charge in [-0.1, -0.05) is 0 Å². The molecule has 1 fully saturated rings. The number of nitrogens with two attached hydrogens (primary N) is 1. The minimum atomic E-state index is -0.280. The average Bonchev–Trinajstić information content (AvgIpc) is 2.87. The van der Waals surface area contributed by atoms with Gasteiger partial charge in [-0.25, -0.2) is 5.84 Å². The van der Waals surface area contributed by atoms with Gasteiger partial charge in [0.15, 0.2) is 0 Å². The SMILES string of the molecule is Cc1sc(C(=O)NN)cc1CN1CCCC1=O. The monoisotopic (exact) mass is 253 g/mol. The van der Waals surface area contributed by atoms with Crippen LogP contribution in [0, 0.1) is 6.92 Å². The first-order valence-corrected chi connectivity index (χ1v) is 6.31. The van der Waals surface area contributed by atoms with Crippen molar-refractivity contribution in [3.05, 3.63) is 21.4 Å². The molecule has 1 aromatic rings. The molecule has 0 radical (unpaired) electrons. The molecule has 0 atom stereocenters. The van der Waals surface area contributed by atoms with Crippen molar-refractivity contribution in [1.29, 1.82) is 0 Å². The van der Waals surface area contributed by atoms with Gasteiger partial charge in [0.25, 0.3) is 5.91 Å². The topological polar surface area (TPSA) is 75.4 Å². The van der Waals surface area contributed by atoms with Crippen molar-refractivity contribution in [1.82, 2.24) is 10.3 Å². The van der Waals surface area contributed by atoms with Gasteiger partial charge in [-0.15, -0.1) is 11.3 Å². The van der Waals surface area contributed by atoms with E-state index in [1.54, 1.807) is 0 Å². The van der Waals surface area contributed by atoms with Crippen molar-refractivity contribution in [3.63, 3.8) is 0 Å². The highest BCUT2D eigenvalue weighted by atomic mass is 32.1. The summed E-state index contributed by atoms with van der Waals surface area (Å²) in [5.74, 6) is 5.01. The van der Waals surface area contributed by atoms with Crippen LogP contribution in [0.15, 0.2) is 6.07 Å². The fourth-order valence-corrected chi connectivity index (χ4v) is 2.87. The number of carbonyl (C=O) groups is 2. The van der Waals surface area contributed by atoms with Gasteiger partial charge in [0, 0.05) is 24.4 Å². The van der Waals surface area contributed by atoms with Gasteiger partial charge < -0.3 is 4.90 Å². The minimum absolute atomic E-state index is 0.195. The molecule has 1 saturated heterocycles. The van der Waals surface area contributed by atoms with Crippen molar-refractivity contribution in [3.8, 4) is 0 Å². The fraction of sp³-hybridized carbons (Fsp3) is 0.455. The van der Waals surface area contributed by atoms with Gasteiger partial charge in [0.2, 0.25) is 5.91 Å². The van der Waals surface area contributed by atoms with Gasteiger partial charge in [-0.2, -0.15) is 0 Å². The normalized spacial score (nSPS) is 15.4. The van der Waals surface area contributed by atoms with Gasteiger partial charge in [0.05, 0.1) is 4.88 Å². The Labute approximate surface area is 104 Å². The predicted molar refractivity (Wildman–Crippen MR) is 65.4 cm³/mol. The van der Waals surface area contributed by atoms with Crippen molar-refractivity contribution in [2.24, 2.45) is 5.84 Å². The van der Waals surface area contributed by atoms with E-state index in [0.29, 0.717) is 17.8 Å². The molecule has 2 heterocycles. The number of rotatable bonds is 3. The van der Waals surface area contributed by atoms with Crippen molar-refractivity contribution < 1.29 is 9.59 Å². The summed E-state index contributed by atoms with van der Waals surface area (Å²) in [4.78, 5) is 26.4. The number of amides is 2. The van der Waals surface area contributed by atoms with E-state index in [0.717, 1.165) is 23.4 Å². The van der Waals surface area contributed by atoms with Gasteiger partial charge in [0.1, 0.15) is 0 Å². The molecule has 0 saturated carbocycles. The highest BCUT2D eigenvalue weighted by Crippen LogP contribution is 2.24. The number of nitrogen functional groups attached to an aromatic ring is 1. The van der Waals surface area contributed by atoms with Crippen LogP contribution >= 0.6 is 11.3 Å². The number of aryl methyl sites for hydroxylation is 1. The van der Waals surface area contributed by atoms with Crippen molar-refractivity contribution in [2.45, 2.75) is 26.3 Å². The predicted octanol–water partition coefficient (Wildman–Crippen LogP) is 0.782. The molecule has 2 amide bonds. The van der Waals surface area contributed by atoms with Gasteiger partial charge in [-0.05, 0) is 25.0 Å². The summed E-state index contributed by atoms with van der Waals surface area (Å²) in [6, 6.07) is 1.81. The van der Waals surface area contributed by atoms with E-state index >= 15 is 0 Å². The fourth-order valence-electron chi connectivity index (χ4n) is 1.94. The molecule has 0 spiro atoms. The Morgan fingerprint density at radius 2 is 2.41 bits per heavy atom. The Morgan fingerprint density at radius 3 is 3.00 bits per heavy atom. The number of carbonyl (C=O) groups excluding carboxylic acids is 2. The Kier molecular flexibility index (Phi) is 3.44. The lowest BCUT2D eigenvalue weighted by atomic mass is 10.2.